The van der Waals surface area contributed by atoms with Gasteiger partial charge >= 0.3 is 12.1 Å². The van der Waals surface area contributed by atoms with Crippen molar-refractivity contribution < 1.29 is 27.1 Å². The lowest BCUT2D eigenvalue weighted by Crippen LogP contribution is -2.22. The molecule has 0 saturated heterocycles. The Morgan fingerprint density at radius 3 is 2.03 bits per heavy atom. The maximum Gasteiger partial charge on any atom is 0.417 e. The molecule has 0 aromatic heterocycles. The van der Waals surface area contributed by atoms with E-state index < -0.39 is 35.2 Å². The lowest BCUT2D eigenvalue weighted by atomic mass is 10.0. The van der Waals surface area contributed by atoms with E-state index in [2.05, 4.69) is 6.92 Å². The van der Waals surface area contributed by atoms with Crippen LogP contribution < -0.4 is 0 Å². The van der Waals surface area contributed by atoms with Crippen molar-refractivity contribution in [1.29, 1.82) is 0 Å². The fraction of sp³-hybridized carbons (Fsp3) is 0.696. The normalized spacial score (nSPS) is 12.8. The van der Waals surface area contributed by atoms with Crippen molar-refractivity contribution >= 4 is 5.97 Å². The third kappa shape index (κ3) is 9.64. The summed E-state index contributed by atoms with van der Waals surface area (Å²) in [6, 6.07) is 2.50. The minimum atomic E-state index is -4.81. The summed E-state index contributed by atoms with van der Waals surface area (Å²) in [6.07, 6.45) is 6.97. The van der Waals surface area contributed by atoms with Crippen molar-refractivity contribution in [1.82, 2.24) is 0 Å². The van der Waals surface area contributed by atoms with Crippen molar-refractivity contribution in [2.45, 2.75) is 103 Å². The highest BCUT2D eigenvalue weighted by atomic mass is 19.4. The lowest BCUT2D eigenvalue weighted by molar-refractivity contribution is -0.138. The number of benzene rings is 1. The molecule has 1 aromatic carbocycles. The maximum atomic E-state index is 14.0. The molecule has 1 rings (SSSR count). The van der Waals surface area contributed by atoms with E-state index in [0.29, 0.717) is 18.9 Å². The van der Waals surface area contributed by atoms with Crippen molar-refractivity contribution in [3.8, 4) is 0 Å². The van der Waals surface area contributed by atoms with Crippen molar-refractivity contribution in [2.75, 3.05) is 0 Å². The number of carbonyl (C=O) groups excluding carboxylic acids is 1. The highest BCUT2D eigenvalue weighted by molar-refractivity contribution is 5.91. The average molecular weight is 419 g/mol. The molecule has 0 amide bonds. The number of carbonyl (C=O) groups is 1. The van der Waals surface area contributed by atoms with Gasteiger partial charge in [0.05, 0.1) is 5.56 Å². The molecule has 0 saturated carbocycles. The first-order chi connectivity index (χ1) is 13.8. The predicted octanol–water partition coefficient (Wildman–Crippen LogP) is 8.09. The standard InChI is InChI=1S/C23H34F4O2/c1-3-5-6-7-8-9-10-11-12-15-18(14-4-2)29-22(28)21-19(23(25,26)27)16-13-17-20(21)24/h13,16-18H,3-12,14-15H2,1-2H3. The predicted molar refractivity (Wildman–Crippen MR) is 107 cm³/mol. The van der Waals surface area contributed by atoms with E-state index >= 15 is 0 Å². The smallest absolute Gasteiger partial charge is 0.417 e. The third-order valence-corrected chi connectivity index (χ3v) is 5.04. The monoisotopic (exact) mass is 418 g/mol. The SMILES string of the molecule is CCCCCCCCCCCC(CCC)OC(=O)c1c(F)cccc1C(F)(F)F. The average Bonchev–Trinajstić information content (AvgIpc) is 2.65. The van der Waals surface area contributed by atoms with Crippen LogP contribution in [-0.4, -0.2) is 12.1 Å². The summed E-state index contributed by atoms with van der Waals surface area (Å²) >= 11 is 0. The van der Waals surface area contributed by atoms with Gasteiger partial charge in [0.2, 0.25) is 0 Å². The molecule has 1 unspecified atom stereocenters. The Kier molecular flexibility index (Phi) is 11.9. The minimum Gasteiger partial charge on any atom is -0.459 e. The summed E-state index contributed by atoms with van der Waals surface area (Å²) in [5, 5.41) is 0. The Balaban J connectivity index is 2.53. The number of alkyl halides is 3. The molecule has 6 heteroatoms. The first kappa shape index (κ1) is 25.4. The number of esters is 1. The number of unbranched alkanes of at least 4 members (excludes halogenated alkanes) is 8. The van der Waals surface area contributed by atoms with Gasteiger partial charge in [-0.3, -0.25) is 0 Å². The Morgan fingerprint density at radius 2 is 1.48 bits per heavy atom. The van der Waals surface area contributed by atoms with Crippen LogP contribution in [0.25, 0.3) is 0 Å². The van der Waals surface area contributed by atoms with Crippen LogP contribution in [0.1, 0.15) is 107 Å². The van der Waals surface area contributed by atoms with Gasteiger partial charge in [-0.25, -0.2) is 9.18 Å². The first-order valence-corrected chi connectivity index (χ1v) is 10.9. The molecule has 0 aliphatic carbocycles. The zero-order valence-electron chi connectivity index (χ0n) is 17.6. The Hall–Kier alpha value is -1.59. The van der Waals surface area contributed by atoms with Crippen LogP contribution in [0.15, 0.2) is 18.2 Å². The summed E-state index contributed by atoms with van der Waals surface area (Å²) in [5.41, 5.74) is -2.31. The topological polar surface area (TPSA) is 26.3 Å². The van der Waals surface area contributed by atoms with Crippen LogP contribution in [0.4, 0.5) is 17.6 Å². The maximum absolute atomic E-state index is 14.0. The quantitative estimate of drug-likeness (QED) is 0.173. The number of hydrogen-bond acceptors (Lipinski definition) is 2. The van der Waals surface area contributed by atoms with Gasteiger partial charge in [0.15, 0.2) is 0 Å². The summed E-state index contributed by atoms with van der Waals surface area (Å²) in [7, 11) is 0. The molecule has 0 aliphatic rings. The second kappa shape index (κ2) is 13.6. The molecular weight excluding hydrogens is 384 g/mol. The van der Waals surface area contributed by atoms with Crippen molar-refractivity contribution in [3.05, 3.63) is 35.1 Å². The molecule has 0 radical (unpaired) electrons. The van der Waals surface area contributed by atoms with Crippen LogP contribution in [0.3, 0.4) is 0 Å². The van der Waals surface area contributed by atoms with Gasteiger partial charge in [0.1, 0.15) is 17.5 Å². The molecular formula is C23H34F4O2. The van der Waals surface area contributed by atoms with Gasteiger partial charge in [-0.1, -0.05) is 77.7 Å². The van der Waals surface area contributed by atoms with E-state index in [9.17, 15) is 22.4 Å². The summed E-state index contributed by atoms with van der Waals surface area (Å²) in [5.74, 6) is -2.44. The second-order valence-corrected chi connectivity index (χ2v) is 7.59. The summed E-state index contributed by atoms with van der Waals surface area (Å²) in [6.45, 7) is 4.11. The van der Waals surface area contributed by atoms with Gasteiger partial charge in [-0.15, -0.1) is 0 Å². The molecule has 0 aliphatic heterocycles. The lowest BCUT2D eigenvalue weighted by Gasteiger charge is -2.19. The molecule has 29 heavy (non-hydrogen) atoms. The van der Waals surface area contributed by atoms with Crippen LogP contribution in [0, 0.1) is 5.82 Å². The fourth-order valence-electron chi connectivity index (χ4n) is 3.44. The van der Waals surface area contributed by atoms with E-state index in [0.717, 1.165) is 37.8 Å². The van der Waals surface area contributed by atoms with Gasteiger partial charge in [0.25, 0.3) is 0 Å². The highest BCUT2D eigenvalue weighted by Gasteiger charge is 2.37. The molecule has 0 spiro atoms. The van der Waals surface area contributed by atoms with E-state index in [1.165, 1.54) is 38.5 Å². The van der Waals surface area contributed by atoms with E-state index in [4.69, 9.17) is 4.74 Å². The first-order valence-electron chi connectivity index (χ1n) is 10.9. The Labute approximate surface area is 172 Å². The Bertz CT molecular complexity index is 599. The largest absolute Gasteiger partial charge is 0.459 e. The molecule has 2 nitrogen and oxygen atoms in total. The van der Waals surface area contributed by atoms with Gasteiger partial charge in [-0.2, -0.15) is 13.2 Å². The minimum absolute atomic E-state index is 0.488. The number of hydrogen-bond donors (Lipinski definition) is 0. The number of ether oxygens (including phenoxy) is 1. The highest BCUT2D eigenvalue weighted by Crippen LogP contribution is 2.33. The zero-order valence-corrected chi connectivity index (χ0v) is 17.6. The van der Waals surface area contributed by atoms with E-state index in [1.54, 1.807) is 0 Å². The molecule has 1 atom stereocenters. The third-order valence-electron chi connectivity index (χ3n) is 5.04. The molecule has 166 valence electrons. The van der Waals surface area contributed by atoms with Gasteiger partial charge in [-0.05, 0) is 31.4 Å². The van der Waals surface area contributed by atoms with Crippen LogP contribution in [-0.2, 0) is 10.9 Å². The molecule has 0 bridgehead atoms. The van der Waals surface area contributed by atoms with Gasteiger partial charge < -0.3 is 4.74 Å². The van der Waals surface area contributed by atoms with E-state index in [-0.39, 0.29) is 0 Å². The van der Waals surface area contributed by atoms with Crippen molar-refractivity contribution in [2.24, 2.45) is 0 Å². The number of halogens is 4. The number of rotatable bonds is 14. The van der Waals surface area contributed by atoms with Crippen LogP contribution in [0.2, 0.25) is 0 Å². The van der Waals surface area contributed by atoms with Crippen LogP contribution in [0.5, 0.6) is 0 Å². The summed E-state index contributed by atoms with van der Waals surface area (Å²) < 4.78 is 58.6. The molecule has 0 fully saturated rings. The second-order valence-electron chi connectivity index (χ2n) is 7.59. The molecule has 0 heterocycles. The fourth-order valence-corrected chi connectivity index (χ4v) is 3.44. The van der Waals surface area contributed by atoms with Crippen molar-refractivity contribution in [3.63, 3.8) is 0 Å². The van der Waals surface area contributed by atoms with Crippen LogP contribution >= 0.6 is 0 Å². The molecule has 1 aromatic rings. The Morgan fingerprint density at radius 1 is 0.897 bits per heavy atom. The molecule has 0 N–H and O–H groups in total. The van der Waals surface area contributed by atoms with E-state index in [1.807, 2.05) is 6.92 Å². The zero-order chi connectivity index (χ0) is 21.7. The van der Waals surface area contributed by atoms with Gasteiger partial charge in [0, 0.05) is 0 Å². The summed E-state index contributed by atoms with van der Waals surface area (Å²) in [4.78, 5) is 12.3.